The van der Waals surface area contributed by atoms with Crippen LogP contribution in [0, 0.1) is 0 Å². The lowest BCUT2D eigenvalue weighted by Crippen LogP contribution is -1.96. The average molecular weight is 311 g/mol. The molecule has 7 heteroatoms. The summed E-state index contributed by atoms with van der Waals surface area (Å²) in [7, 11) is 3.29. The number of hydrogen-bond donors (Lipinski definition) is 2. The van der Waals surface area contributed by atoms with Crippen molar-refractivity contribution in [1.29, 1.82) is 0 Å². The number of benzene rings is 2. The molecule has 0 unspecified atom stereocenters. The monoisotopic (exact) mass is 311 g/mol. The van der Waals surface area contributed by atoms with Crippen LogP contribution in [0.1, 0.15) is 5.56 Å². The molecular formula is C16H17N5O2. The molecule has 0 radical (unpaired) electrons. The molecule has 0 saturated heterocycles. The van der Waals surface area contributed by atoms with Gasteiger partial charge in [-0.05, 0) is 34.5 Å². The van der Waals surface area contributed by atoms with E-state index in [1.165, 1.54) is 0 Å². The zero-order valence-corrected chi connectivity index (χ0v) is 12.9. The van der Waals surface area contributed by atoms with Crippen LogP contribution in [0.5, 0.6) is 5.75 Å². The topological polar surface area (TPSA) is 98.9 Å². The van der Waals surface area contributed by atoms with E-state index in [1.807, 2.05) is 36.4 Å². The van der Waals surface area contributed by atoms with E-state index in [9.17, 15) is 0 Å². The fourth-order valence-corrected chi connectivity index (χ4v) is 2.46. The molecule has 3 N–H and O–H groups in total. The van der Waals surface area contributed by atoms with Gasteiger partial charge in [0.2, 0.25) is 5.82 Å². The number of nitrogens with two attached hydrogens (primary N) is 1. The molecule has 23 heavy (non-hydrogen) atoms. The third kappa shape index (κ3) is 3.00. The van der Waals surface area contributed by atoms with Crippen molar-refractivity contribution in [3.63, 3.8) is 0 Å². The molecule has 1 heterocycles. The van der Waals surface area contributed by atoms with Crippen LogP contribution in [0.3, 0.4) is 0 Å². The highest BCUT2D eigenvalue weighted by Crippen LogP contribution is 2.34. The van der Waals surface area contributed by atoms with Crippen molar-refractivity contribution in [1.82, 2.24) is 20.6 Å². The summed E-state index contributed by atoms with van der Waals surface area (Å²) < 4.78 is 10.6. The van der Waals surface area contributed by atoms with E-state index in [4.69, 9.17) is 15.2 Å². The Morgan fingerprint density at radius 1 is 1.09 bits per heavy atom. The SMILES string of the molecule is COCc1ccc(-c2ccc(N)cc2-c2nn[nH]n2)cc1OC. The first-order valence-electron chi connectivity index (χ1n) is 7.02. The molecule has 7 nitrogen and oxygen atoms in total. The summed E-state index contributed by atoms with van der Waals surface area (Å²) in [6.07, 6.45) is 0. The number of methoxy groups -OCH3 is 2. The lowest BCUT2D eigenvalue weighted by atomic mass is 9.97. The van der Waals surface area contributed by atoms with Gasteiger partial charge in [-0.1, -0.05) is 18.2 Å². The number of aromatic nitrogens is 4. The van der Waals surface area contributed by atoms with E-state index in [2.05, 4.69) is 20.6 Å². The molecule has 0 atom stereocenters. The number of aromatic amines is 1. The second kappa shape index (κ2) is 6.45. The maximum atomic E-state index is 5.90. The molecule has 0 bridgehead atoms. The van der Waals surface area contributed by atoms with Gasteiger partial charge in [0.25, 0.3) is 0 Å². The van der Waals surface area contributed by atoms with Gasteiger partial charge in [0.05, 0.1) is 13.7 Å². The molecular weight excluding hydrogens is 294 g/mol. The third-order valence-corrected chi connectivity index (χ3v) is 3.53. The fraction of sp³-hybridized carbons (Fsp3) is 0.188. The van der Waals surface area contributed by atoms with Gasteiger partial charge in [0, 0.05) is 23.9 Å². The predicted octanol–water partition coefficient (Wildman–Crippen LogP) is 2.27. The number of nitrogen functional groups attached to an aromatic ring is 1. The summed E-state index contributed by atoms with van der Waals surface area (Å²) in [4.78, 5) is 0. The van der Waals surface area contributed by atoms with Gasteiger partial charge in [-0.2, -0.15) is 5.21 Å². The Morgan fingerprint density at radius 2 is 1.96 bits per heavy atom. The van der Waals surface area contributed by atoms with E-state index < -0.39 is 0 Å². The van der Waals surface area contributed by atoms with E-state index in [0.29, 0.717) is 18.1 Å². The lowest BCUT2D eigenvalue weighted by molar-refractivity contribution is 0.181. The van der Waals surface area contributed by atoms with Crippen molar-refractivity contribution in [3.8, 4) is 28.3 Å². The molecule has 0 spiro atoms. The second-order valence-electron chi connectivity index (χ2n) is 5.00. The number of H-pyrrole nitrogens is 1. The Hall–Kier alpha value is -2.93. The Labute approximate surface area is 133 Å². The number of hydrogen-bond acceptors (Lipinski definition) is 6. The van der Waals surface area contributed by atoms with Gasteiger partial charge >= 0.3 is 0 Å². The number of anilines is 1. The first kappa shape index (κ1) is 15.0. The van der Waals surface area contributed by atoms with Gasteiger partial charge < -0.3 is 15.2 Å². The van der Waals surface area contributed by atoms with Crippen LogP contribution in [0.2, 0.25) is 0 Å². The summed E-state index contributed by atoms with van der Waals surface area (Å²) in [5.41, 5.74) is 10.2. The minimum atomic E-state index is 0.489. The highest BCUT2D eigenvalue weighted by atomic mass is 16.5. The highest BCUT2D eigenvalue weighted by Gasteiger charge is 2.13. The van der Waals surface area contributed by atoms with Crippen molar-refractivity contribution in [3.05, 3.63) is 42.0 Å². The van der Waals surface area contributed by atoms with Crippen LogP contribution in [0.25, 0.3) is 22.5 Å². The predicted molar refractivity (Wildman–Crippen MR) is 86.7 cm³/mol. The molecule has 2 aromatic carbocycles. The van der Waals surface area contributed by atoms with Crippen molar-refractivity contribution in [2.45, 2.75) is 6.61 Å². The molecule has 1 aromatic heterocycles. The molecule has 0 amide bonds. The summed E-state index contributed by atoms with van der Waals surface area (Å²) in [6, 6.07) is 11.6. The normalized spacial score (nSPS) is 10.7. The van der Waals surface area contributed by atoms with Gasteiger partial charge in [-0.15, -0.1) is 10.2 Å². The second-order valence-corrected chi connectivity index (χ2v) is 5.00. The molecule has 3 rings (SSSR count). The number of rotatable bonds is 5. The minimum absolute atomic E-state index is 0.489. The van der Waals surface area contributed by atoms with E-state index >= 15 is 0 Å². The van der Waals surface area contributed by atoms with Crippen LogP contribution in [0.15, 0.2) is 36.4 Å². The summed E-state index contributed by atoms with van der Waals surface area (Å²) >= 11 is 0. The van der Waals surface area contributed by atoms with E-state index in [-0.39, 0.29) is 0 Å². The van der Waals surface area contributed by atoms with E-state index in [0.717, 1.165) is 28.0 Å². The maximum Gasteiger partial charge on any atom is 0.205 e. The van der Waals surface area contributed by atoms with Crippen molar-refractivity contribution in [2.75, 3.05) is 20.0 Å². The Balaban J connectivity index is 2.12. The lowest BCUT2D eigenvalue weighted by Gasteiger charge is -2.12. The summed E-state index contributed by atoms with van der Waals surface area (Å²) in [5, 5.41) is 14.2. The highest BCUT2D eigenvalue weighted by molar-refractivity contribution is 5.83. The van der Waals surface area contributed by atoms with Crippen molar-refractivity contribution < 1.29 is 9.47 Å². The quantitative estimate of drug-likeness (QED) is 0.701. The average Bonchev–Trinajstić information content (AvgIpc) is 3.10. The summed E-state index contributed by atoms with van der Waals surface area (Å²) in [5.74, 6) is 1.26. The Kier molecular flexibility index (Phi) is 4.20. The molecule has 0 aliphatic heterocycles. The van der Waals surface area contributed by atoms with Crippen LogP contribution in [-0.4, -0.2) is 34.8 Å². The first-order chi connectivity index (χ1) is 11.2. The number of tetrazole rings is 1. The Morgan fingerprint density at radius 3 is 2.65 bits per heavy atom. The van der Waals surface area contributed by atoms with Gasteiger partial charge in [-0.25, -0.2) is 0 Å². The standard InChI is InChI=1S/C16H17N5O2/c1-22-9-11-4-3-10(7-15(11)23-2)13-6-5-12(17)8-14(13)16-18-20-21-19-16/h3-8H,9,17H2,1-2H3,(H,18,19,20,21). The molecule has 0 fully saturated rings. The summed E-state index contributed by atoms with van der Waals surface area (Å²) in [6.45, 7) is 0.489. The largest absolute Gasteiger partial charge is 0.496 e. The maximum absolute atomic E-state index is 5.90. The van der Waals surface area contributed by atoms with Crippen molar-refractivity contribution in [2.24, 2.45) is 0 Å². The molecule has 0 saturated carbocycles. The van der Waals surface area contributed by atoms with Gasteiger partial charge in [-0.3, -0.25) is 0 Å². The zero-order valence-electron chi connectivity index (χ0n) is 12.9. The Bertz CT molecular complexity index is 802. The number of nitrogens with zero attached hydrogens (tertiary/aromatic N) is 3. The zero-order chi connectivity index (χ0) is 16.2. The fourth-order valence-electron chi connectivity index (χ4n) is 2.46. The molecule has 0 aliphatic rings. The van der Waals surface area contributed by atoms with Crippen LogP contribution in [-0.2, 0) is 11.3 Å². The van der Waals surface area contributed by atoms with Crippen molar-refractivity contribution >= 4 is 5.69 Å². The van der Waals surface area contributed by atoms with Crippen LogP contribution in [0.4, 0.5) is 5.69 Å². The van der Waals surface area contributed by atoms with Crippen LogP contribution >= 0.6 is 0 Å². The number of nitrogens with one attached hydrogen (secondary N) is 1. The molecule has 118 valence electrons. The van der Waals surface area contributed by atoms with E-state index in [1.54, 1.807) is 14.2 Å². The van der Waals surface area contributed by atoms with Crippen LogP contribution < -0.4 is 10.5 Å². The number of ether oxygens (including phenoxy) is 2. The first-order valence-corrected chi connectivity index (χ1v) is 7.02. The molecule has 3 aromatic rings. The third-order valence-electron chi connectivity index (χ3n) is 3.53. The smallest absolute Gasteiger partial charge is 0.205 e. The molecule has 0 aliphatic carbocycles. The van der Waals surface area contributed by atoms with Gasteiger partial charge in [0.1, 0.15) is 5.75 Å². The minimum Gasteiger partial charge on any atom is -0.496 e. The van der Waals surface area contributed by atoms with Gasteiger partial charge in [0.15, 0.2) is 0 Å².